The summed E-state index contributed by atoms with van der Waals surface area (Å²) in [5.41, 5.74) is 1.37. The summed E-state index contributed by atoms with van der Waals surface area (Å²) in [5.74, 6) is -4.03. The lowest BCUT2D eigenvalue weighted by Crippen LogP contribution is -2.04. The Morgan fingerprint density at radius 1 is 1.15 bits per heavy atom. The summed E-state index contributed by atoms with van der Waals surface area (Å²) < 4.78 is 32.3. The van der Waals surface area contributed by atoms with Crippen molar-refractivity contribution >= 4 is 5.97 Å². The predicted octanol–water partition coefficient (Wildman–Crippen LogP) is 3.55. The van der Waals surface area contributed by atoms with E-state index < -0.39 is 28.9 Å². The molecule has 5 heteroatoms. The Balaban J connectivity index is 2.17. The van der Waals surface area contributed by atoms with Gasteiger partial charge < -0.3 is 9.84 Å². The minimum Gasteiger partial charge on any atom is -0.483 e. The molecule has 3 nitrogen and oxygen atoms in total. The minimum atomic E-state index is -1.40. The Kier molecular flexibility index (Phi) is 3.98. The molecule has 0 saturated carbocycles. The molecule has 0 unspecified atom stereocenters. The van der Waals surface area contributed by atoms with Crippen molar-refractivity contribution in [2.45, 2.75) is 13.5 Å². The highest BCUT2D eigenvalue weighted by Gasteiger charge is 2.15. The molecular weight excluding hydrogens is 266 g/mol. The number of aryl methyl sites for hydroxylation is 1. The van der Waals surface area contributed by atoms with Crippen molar-refractivity contribution in [2.24, 2.45) is 0 Å². The second-order valence-corrected chi connectivity index (χ2v) is 4.35. The molecule has 2 aromatic rings. The van der Waals surface area contributed by atoms with E-state index in [0.717, 1.165) is 23.3 Å². The zero-order valence-electron chi connectivity index (χ0n) is 10.7. The molecule has 0 heterocycles. The van der Waals surface area contributed by atoms with Gasteiger partial charge in [-0.1, -0.05) is 29.8 Å². The summed E-state index contributed by atoms with van der Waals surface area (Å²) in [5, 5.41) is 8.68. The van der Waals surface area contributed by atoms with Gasteiger partial charge in [-0.05, 0) is 24.6 Å². The first kappa shape index (κ1) is 14.0. The van der Waals surface area contributed by atoms with Gasteiger partial charge in [-0.2, -0.15) is 0 Å². The van der Waals surface area contributed by atoms with Gasteiger partial charge in [0.25, 0.3) is 0 Å². The normalized spacial score (nSPS) is 10.3. The van der Waals surface area contributed by atoms with E-state index in [2.05, 4.69) is 0 Å². The number of halogens is 2. The van der Waals surface area contributed by atoms with Gasteiger partial charge in [0.15, 0.2) is 17.4 Å². The van der Waals surface area contributed by atoms with Gasteiger partial charge >= 0.3 is 5.97 Å². The number of hydrogen-bond acceptors (Lipinski definition) is 2. The van der Waals surface area contributed by atoms with E-state index in [1.807, 2.05) is 19.1 Å². The Hall–Kier alpha value is -2.43. The third kappa shape index (κ3) is 3.12. The van der Waals surface area contributed by atoms with Gasteiger partial charge in [-0.3, -0.25) is 0 Å². The molecule has 0 aliphatic rings. The molecular formula is C15H12F2O3. The Morgan fingerprint density at radius 2 is 1.70 bits per heavy atom. The average Bonchev–Trinajstić information content (AvgIpc) is 2.39. The smallest absolute Gasteiger partial charge is 0.335 e. The van der Waals surface area contributed by atoms with E-state index in [1.165, 1.54) is 0 Å². The van der Waals surface area contributed by atoms with Crippen LogP contribution in [0.5, 0.6) is 5.75 Å². The summed E-state index contributed by atoms with van der Waals surface area (Å²) in [7, 11) is 0. The lowest BCUT2D eigenvalue weighted by Gasteiger charge is -2.09. The lowest BCUT2D eigenvalue weighted by atomic mass is 10.1. The Labute approximate surface area is 114 Å². The van der Waals surface area contributed by atoms with Gasteiger partial charge in [0.1, 0.15) is 6.61 Å². The van der Waals surface area contributed by atoms with Gasteiger partial charge in [0.05, 0.1) is 5.56 Å². The largest absolute Gasteiger partial charge is 0.483 e. The first-order valence-electron chi connectivity index (χ1n) is 5.88. The van der Waals surface area contributed by atoms with Crippen LogP contribution in [0, 0.1) is 18.6 Å². The first-order chi connectivity index (χ1) is 9.47. The van der Waals surface area contributed by atoms with Gasteiger partial charge in [-0.15, -0.1) is 0 Å². The molecule has 0 amide bonds. The lowest BCUT2D eigenvalue weighted by molar-refractivity contribution is 0.0695. The molecule has 0 atom stereocenters. The van der Waals surface area contributed by atoms with Gasteiger partial charge in [0.2, 0.25) is 0 Å². The van der Waals surface area contributed by atoms with Crippen molar-refractivity contribution in [3.05, 3.63) is 64.7 Å². The second-order valence-electron chi connectivity index (χ2n) is 4.35. The predicted molar refractivity (Wildman–Crippen MR) is 68.8 cm³/mol. The standard InChI is InChI=1S/C15H12F2O3/c1-9-2-4-10(5-3-9)8-20-14-12(16)6-11(15(18)19)7-13(14)17/h2-7H,8H2,1H3,(H,18,19). The first-order valence-corrected chi connectivity index (χ1v) is 5.88. The summed E-state index contributed by atoms with van der Waals surface area (Å²) in [6.45, 7) is 1.93. The second kappa shape index (κ2) is 5.69. The maximum Gasteiger partial charge on any atom is 0.335 e. The number of aromatic carboxylic acids is 1. The number of rotatable bonds is 4. The van der Waals surface area contributed by atoms with Crippen molar-refractivity contribution in [1.82, 2.24) is 0 Å². The van der Waals surface area contributed by atoms with Crippen LogP contribution < -0.4 is 4.74 Å². The van der Waals surface area contributed by atoms with Crippen LogP contribution in [0.25, 0.3) is 0 Å². The van der Waals surface area contributed by atoms with E-state index in [1.54, 1.807) is 12.1 Å². The van der Waals surface area contributed by atoms with Crippen LogP contribution in [-0.2, 0) is 6.61 Å². The maximum absolute atomic E-state index is 13.6. The minimum absolute atomic E-state index is 0.000534. The van der Waals surface area contributed by atoms with Crippen LogP contribution in [0.4, 0.5) is 8.78 Å². The topological polar surface area (TPSA) is 46.5 Å². The Bertz CT molecular complexity index is 613. The van der Waals surface area contributed by atoms with E-state index in [0.29, 0.717) is 0 Å². The number of ether oxygens (including phenoxy) is 1. The summed E-state index contributed by atoms with van der Waals surface area (Å²) >= 11 is 0. The number of carboxylic acids is 1. The van der Waals surface area contributed by atoms with E-state index >= 15 is 0 Å². The number of hydrogen-bond donors (Lipinski definition) is 1. The molecule has 0 aliphatic carbocycles. The van der Waals surface area contributed by atoms with Crippen LogP contribution in [0.15, 0.2) is 36.4 Å². The molecule has 0 aliphatic heterocycles. The number of carbonyl (C=O) groups is 1. The highest BCUT2D eigenvalue weighted by atomic mass is 19.1. The molecule has 2 aromatic carbocycles. The fourth-order valence-electron chi connectivity index (χ4n) is 1.66. The van der Waals surface area contributed by atoms with Crippen LogP contribution in [-0.4, -0.2) is 11.1 Å². The Morgan fingerprint density at radius 3 is 2.20 bits per heavy atom. The third-order valence-electron chi connectivity index (χ3n) is 2.75. The summed E-state index contributed by atoms with van der Waals surface area (Å²) in [6.07, 6.45) is 0. The maximum atomic E-state index is 13.6. The zero-order valence-corrected chi connectivity index (χ0v) is 10.7. The highest BCUT2D eigenvalue weighted by Crippen LogP contribution is 2.24. The van der Waals surface area contributed by atoms with Crippen LogP contribution in [0.1, 0.15) is 21.5 Å². The van der Waals surface area contributed by atoms with Crippen LogP contribution in [0.3, 0.4) is 0 Å². The monoisotopic (exact) mass is 278 g/mol. The molecule has 0 spiro atoms. The van der Waals surface area contributed by atoms with Gasteiger partial charge in [0, 0.05) is 0 Å². The summed E-state index contributed by atoms with van der Waals surface area (Å²) in [4.78, 5) is 10.7. The van der Waals surface area contributed by atoms with E-state index in [9.17, 15) is 13.6 Å². The fourth-order valence-corrected chi connectivity index (χ4v) is 1.66. The van der Waals surface area contributed by atoms with E-state index in [-0.39, 0.29) is 6.61 Å². The molecule has 0 bridgehead atoms. The van der Waals surface area contributed by atoms with Crippen molar-refractivity contribution in [1.29, 1.82) is 0 Å². The summed E-state index contributed by atoms with van der Waals surface area (Å²) in [6, 6.07) is 8.76. The quantitative estimate of drug-likeness (QED) is 0.930. The average molecular weight is 278 g/mol. The van der Waals surface area contributed by atoms with E-state index in [4.69, 9.17) is 9.84 Å². The molecule has 20 heavy (non-hydrogen) atoms. The molecule has 0 saturated heterocycles. The molecule has 104 valence electrons. The molecule has 2 rings (SSSR count). The number of carboxylic acid groups (broad SMARTS) is 1. The fraction of sp³-hybridized carbons (Fsp3) is 0.133. The highest BCUT2D eigenvalue weighted by molar-refractivity contribution is 5.87. The third-order valence-corrected chi connectivity index (χ3v) is 2.75. The molecule has 0 aromatic heterocycles. The molecule has 0 fully saturated rings. The van der Waals surface area contributed by atoms with Crippen LogP contribution in [0.2, 0.25) is 0 Å². The molecule has 0 radical (unpaired) electrons. The number of benzene rings is 2. The molecule has 1 N–H and O–H groups in total. The van der Waals surface area contributed by atoms with Gasteiger partial charge in [-0.25, -0.2) is 13.6 Å². The van der Waals surface area contributed by atoms with Crippen molar-refractivity contribution < 1.29 is 23.4 Å². The van der Waals surface area contributed by atoms with Crippen molar-refractivity contribution in [3.8, 4) is 5.75 Å². The zero-order chi connectivity index (χ0) is 14.7. The van der Waals surface area contributed by atoms with Crippen molar-refractivity contribution in [3.63, 3.8) is 0 Å². The van der Waals surface area contributed by atoms with Crippen molar-refractivity contribution in [2.75, 3.05) is 0 Å². The van der Waals surface area contributed by atoms with Crippen LogP contribution >= 0.6 is 0 Å². The SMILES string of the molecule is Cc1ccc(COc2c(F)cc(C(=O)O)cc2F)cc1.